The van der Waals surface area contributed by atoms with Gasteiger partial charge in [-0.1, -0.05) is 50.1 Å². The van der Waals surface area contributed by atoms with Crippen LogP contribution in [0.2, 0.25) is 0 Å². The van der Waals surface area contributed by atoms with Gasteiger partial charge in [-0.15, -0.1) is 0 Å². The van der Waals surface area contributed by atoms with Gasteiger partial charge in [0.1, 0.15) is 0 Å². The van der Waals surface area contributed by atoms with Crippen molar-refractivity contribution < 1.29 is 9.84 Å². The summed E-state index contributed by atoms with van der Waals surface area (Å²) in [7, 11) is 0. The van der Waals surface area contributed by atoms with Crippen molar-refractivity contribution in [2.45, 2.75) is 75.4 Å². The first kappa shape index (κ1) is 15.1. The number of ether oxygens (including phenoxy) is 1. The van der Waals surface area contributed by atoms with Crippen LogP contribution in [0, 0.1) is 0 Å². The Kier molecular flexibility index (Phi) is 4.37. The summed E-state index contributed by atoms with van der Waals surface area (Å²) in [4.78, 5) is 0. The van der Waals surface area contributed by atoms with Crippen molar-refractivity contribution in [2.75, 3.05) is 6.61 Å². The van der Waals surface area contributed by atoms with Crippen molar-refractivity contribution in [2.24, 2.45) is 0 Å². The molecule has 21 heavy (non-hydrogen) atoms. The van der Waals surface area contributed by atoms with E-state index in [2.05, 4.69) is 31.2 Å². The Labute approximate surface area is 128 Å². The summed E-state index contributed by atoms with van der Waals surface area (Å²) < 4.78 is 6.48. The average molecular weight is 288 g/mol. The van der Waals surface area contributed by atoms with Crippen molar-refractivity contribution >= 4 is 0 Å². The Morgan fingerprint density at radius 2 is 1.90 bits per heavy atom. The van der Waals surface area contributed by atoms with Crippen molar-refractivity contribution in [3.8, 4) is 0 Å². The van der Waals surface area contributed by atoms with Crippen LogP contribution in [-0.2, 0) is 10.2 Å². The molecule has 1 aliphatic carbocycles. The first-order valence-corrected chi connectivity index (χ1v) is 8.56. The average Bonchev–Trinajstić information content (AvgIpc) is 3.16. The van der Waals surface area contributed by atoms with E-state index in [0.29, 0.717) is 6.10 Å². The fourth-order valence-electron chi connectivity index (χ4n) is 4.39. The molecule has 2 fully saturated rings. The largest absolute Gasteiger partial charge is 0.395 e. The predicted octanol–water partition coefficient (Wildman–Crippen LogP) is 4.21. The molecule has 0 amide bonds. The first-order valence-electron chi connectivity index (χ1n) is 8.56. The van der Waals surface area contributed by atoms with Gasteiger partial charge in [-0.05, 0) is 44.1 Å². The minimum absolute atomic E-state index is 0.143. The zero-order chi connectivity index (χ0) is 14.8. The molecular weight excluding hydrogens is 260 g/mol. The molecule has 0 bridgehead atoms. The maximum absolute atomic E-state index is 10.1. The molecule has 0 radical (unpaired) electrons. The van der Waals surface area contributed by atoms with E-state index >= 15 is 0 Å². The lowest BCUT2D eigenvalue weighted by atomic mass is 9.74. The van der Waals surface area contributed by atoms with Gasteiger partial charge < -0.3 is 9.84 Å². The summed E-state index contributed by atoms with van der Waals surface area (Å²) in [6.07, 6.45) is 9.74. The summed E-state index contributed by atoms with van der Waals surface area (Å²) >= 11 is 0. The molecule has 1 heterocycles. The minimum atomic E-state index is -0.143. The van der Waals surface area contributed by atoms with Crippen LogP contribution in [0.25, 0.3) is 0 Å². The Balaban J connectivity index is 1.74. The molecule has 3 rings (SSSR count). The second-order valence-corrected chi connectivity index (χ2v) is 7.03. The maximum Gasteiger partial charge on any atom is 0.0687 e. The fraction of sp³-hybridized carbons (Fsp3) is 0.684. The van der Waals surface area contributed by atoms with E-state index in [0.717, 1.165) is 19.3 Å². The molecule has 1 aromatic carbocycles. The third kappa shape index (κ3) is 2.89. The van der Waals surface area contributed by atoms with Gasteiger partial charge in [-0.2, -0.15) is 0 Å². The molecule has 116 valence electrons. The number of aliphatic hydroxyl groups excluding tert-OH is 1. The zero-order valence-electron chi connectivity index (χ0n) is 13.2. The maximum atomic E-state index is 10.1. The minimum Gasteiger partial charge on any atom is -0.395 e. The predicted molar refractivity (Wildman–Crippen MR) is 85.4 cm³/mol. The number of rotatable bonds is 5. The molecule has 2 aliphatic rings. The van der Waals surface area contributed by atoms with Gasteiger partial charge in [0.25, 0.3) is 0 Å². The van der Waals surface area contributed by atoms with E-state index in [4.69, 9.17) is 4.74 Å². The molecule has 2 nitrogen and oxygen atoms in total. The van der Waals surface area contributed by atoms with Crippen LogP contribution in [0.1, 0.15) is 63.9 Å². The molecule has 1 saturated carbocycles. The van der Waals surface area contributed by atoms with Gasteiger partial charge in [-0.25, -0.2) is 0 Å². The van der Waals surface area contributed by atoms with E-state index in [9.17, 15) is 5.11 Å². The van der Waals surface area contributed by atoms with Crippen LogP contribution in [0.4, 0.5) is 0 Å². The lowest BCUT2D eigenvalue weighted by molar-refractivity contribution is -0.0506. The fourth-order valence-corrected chi connectivity index (χ4v) is 4.39. The third-order valence-electron chi connectivity index (χ3n) is 5.84. The van der Waals surface area contributed by atoms with Crippen LogP contribution >= 0.6 is 0 Å². The zero-order valence-corrected chi connectivity index (χ0v) is 13.2. The SMILES string of the molecule is CCC(CO)(CC1CCC2(CCCC2)O1)c1ccccc1. The van der Waals surface area contributed by atoms with Crippen molar-refractivity contribution in [1.82, 2.24) is 0 Å². The molecule has 0 aromatic heterocycles. The van der Waals surface area contributed by atoms with Crippen LogP contribution in [0.15, 0.2) is 30.3 Å². The molecule has 2 atom stereocenters. The standard InChI is InChI=1S/C19H28O2/c1-2-18(15-20,16-8-4-3-5-9-16)14-17-10-13-19(21-17)11-6-7-12-19/h3-5,8-9,17,20H,2,6-7,10-15H2,1H3. The normalized spacial score (nSPS) is 27.0. The first-order chi connectivity index (χ1) is 10.2. The molecule has 1 aromatic rings. The van der Waals surface area contributed by atoms with Crippen LogP contribution in [0.3, 0.4) is 0 Å². The van der Waals surface area contributed by atoms with Crippen molar-refractivity contribution in [3.63, 3.8) is 0 Å². The highest BCUT2D eigenvalue weighted by Crippen LogP contribution is 2.46. The molecule has 1 N–H and O–H groups in total. The van der Waals surface area contributed by atoms with Gasteiger partial charge in [-0.3, -0.25) is 0 Å². The van der Waals surface area contributed by atoms with Gasteiger partial charge in [0.05, 0.1) is 18.3 Å². The van der Waals surface area contributed by atoms with Gasteiger partial charge in [0.2, 0.25) is 0 Å². The van der Waals surface area contributed by atoms with Crippen molar-refractivity contribution in [3.05, 3.63) is 35.9 Å². The van der Waals surface area contributed by atoms with Crippen LogP contribution in [-0.4, -0.2) is 23.4 Å². The monoisotopic (exact) mass is 288 g/mol. The second-order valence-electron chi connectivity index (χ2n) is 7.03. The lowest BCUT2D eigenvalue weighted by Crippen LogP contribution is -2.35. The number of benzene rings is 1. The van der Waals surface area contributed by atoms with Gasteiger partial charge in [0, 0.05) is 5.41 Å². The van der Waals surface area contributed by atoms with E-state index in [-0.39, 0.29) is 17.6 Å². The smallest absolute Gasteiger partial charge is 0.0687 e. The van der Waals surface area contributed by atoms with E-state index < -0.39 is 0 Å². The Bertz CT molecular complexity index is 444. The Hall–Kier alpha value is -0.860. The van der Waals surface area contributed by atoms with E-state index in [1.807, 2.05) is 6.07 Å². The quantitative estimate of drug-likeness (QED) is 0.879. The molecular formula is C19H28O2. The van der Waals surface area contributed by atoms with Gasteiger partial charge in [0.15, 0.2) is 0 Å². The number of hydrogen-bond acceptors (Lipinski definition) is 2. The third-order valence-corrected chi connectivity index (χ3v) is 5.84. The highest BCUT2D eigenvalue weighted by Gasteiger charge is 2.44. The van der Waals surface area contributed by atoms with Crippen molar-refractivity contribution in [1.29, 1.82) is 0 Å². The van der Waals surface area contributed by atoms with Gasteiger partial charge >= 0.3 is 0 Å². The summed E-state index contributed by atoms with van der Waals surface area (Å²) in [5.41, 5.74) is 1.30. The number of hydrogen-bond donors (Lipinski definition) is 1. The molecule has 1 aliphatic heterocycles. The molecule has 1 spiro atoms. The topological polar surface area (TPSA) is 29.5 Å². The Morgan fingerprint density at radius 1 is 1.19 bits per heavy atom. The highest BCUT2D eigenvalue weighted by atomic mass is 16.5. The Morgan fingerprint density at radius 3 is 2.52 bits per heavy atom. The summed E-state index contributed by atoms with van der Waals surface area (Å²) in [5, 5.41) is 10.1. The summed E-state index contributed by atoms with van der Waals surface area (Å²) in [6.45, 7) is 2.39. The highest BCUT2D eigenvalue weighted by molar-refractivity contribution is 5.26. The molecule has 2 heteroatoms. The summed E-state index contributed by atoms with van der Waals surface area (Å²) in [6, 6.07) is 10.5. The summed E-state index contributed by atoms with van der Waals surface area (Å²) in [5.74, 6) is 0. The van der Waals surface area contributed by atoms with Crippen LogP contribution in [0.5, 0.6) is 0 Å². The molecule has 1 saturated heterocycles. The lowest BCUT2D eigenvalue weighted by Gasteiger charge is -2.34. The van der Waals surface area contributed by atoms with Crippen LogP contribution < -0.4 is 0 Å². The van der Waals surface area contributed by atoms with E-state index in [1.54, 1.807) is 0 Å². The van der Waals surface area contributed by atoms with E-state index in [1.165, 1.54) is 37.7 Å². The second kappa shape index (κ2) is 6.10. The molecule has 2 unspecified atom stereocenters. The number of aliphatic hydroxyl groups is 1.